The summed E-state index contributed by atoms with van der Waals surface area (Å²) in [6.45, 7) is 0.536. The first-order chi connectivity index (χ1) is 10.3. The average Bonchev–Trinajstić information content (AvgIpc) is 3.02. The highest BCUT2D eigenvalue weighted by molar-refractivity contribution is 5.83. The van der Waals surface area contributed by atoms with Crippen LogP contribution in [0.1, 0.15) is 12.2 Å². The van der Waals surface area contributed by atoms with Gasteiger partial charge in [-0.15, -0.1) is 10.2 Å². The molecule has 0 saturated carbocycles. The fourth-order valence-electron chi connectivity index (χ4n) is 2.20. The van der Waals surface area contributed by atoms with Crippen LogP contribution in [-0.4, -0.2) is 37.3 Å². The van der Waals surface area contributed by atoms with Gasteiger partial charge in [0.2, 0.25) is 0 Å². The third-order valence-electron chi connectivity index (χ3n) is 3.22. The minimum atomic E-state index is -0.106. The number of hydrogen-bond donors (Lipinski definition) is 1. The van der Waals surface area contributed by atoms with Crippen LogP contribution in [0.4, 0.5) is 0 Å². The number of nitrogens with one attached hydrogen (secondary N) is 1. The number of aromatic nitrogens is 6. The molecule has 8 nitrogen and oxygen atoms in total. The first kappa shape index (κ1) is 13.2. The summed E-state index contributed by atoms with van der Waals surface area (Å²) < 4.78 is 6.82. The predicted molar refractivity (Wildman–Crippen MR) is 75.1 cm³/mol. The summed E-state index contributed by atoms with van der Waals surface area (Å²) in [5.74, 6) is 1.17. The Balaban J connectivity index is 1.86. The van der Waals surface area contributed by atoms with Crippen molar-refractivity contribution in [1.82, 2.24) is 30.2 Å². The van der Waals surface area contributed by atoms with Gasteiger partial charge in [0.15, 0.2) is 5.82 Å². The van der Waals surface area contributed by atoms with Crippen LogP contribution in [0.2, 0.25) is 0 Å². The van der Waals surface area contributed by atoms with Crippen LogP contribution < -0.4 is 10.3 Å². The smallest absolute Gasteiger partial charge is 0.264 e. The fourth-order valence-corrected chi connectivity index (χ4v) is 2.20. The van der Waals surface area contributed by atoms with E-state index < -0.39 is 0 Å². The minimum Gasteiger partial charge on any atom is -0.496 e. The van der Waals surface area contributed by atoms with E-state index in [4.69, 9.17) is 4.74 Å². The third-order valence-corrected chi connectivity index (χ3v) is 3.22. The lowest BCUT2D eigenvalue weighted by Gasteiger charge is -2.08. The first-order valence-electron chi connectivity index (χ1n) is 6.54. The molecule has 0 saturated heterocycles. The lowest BCUT2D eigenvalue weighted by Crippen LogP contribution is -2.21. The zero-order chi connectivity index (χ0) is 14.7. The highest BCUT2D eigenvalue weighted by Gasteiger charge is 2.09. The molecule has 0 unspecified atom stereocenters. The van der Waals surface area contributed by atoms with Gasteiger partial charge in [0.1, 0.15) is 11.1 Å². The highest BCUT2D eigenvalue weighted by Crippen LogP contribution is 2.19. The fraction of sp³-hybridized carbons (Fsp3) is 0.308. The molecule has 0 radical (unpaired) electrons. The Hall–Kier alpha value is -2.77. The van der Waals surface area contributed by atoms with E-state index in [1.165, 1.54) is 0 Å². The van der Waals surface area contributed by atoms with E-state index in [9.17, 15) is 4.79 Å². The largest absolute Gasteiger partial charge is 0.496 e. The molecule has 0 amide bonds. The lowest BCUT2D eigenvalue weighted by molar-refractivity contribution is 0.419. The number of ether oxygens (including phenoxy) is 1. The monoisotopic (exact) mass is 286 g/mol. The number of hydrogen-bond acceptors (Lipinski definition) is 6. The summed E-state index contributed by atoms with van der Waals surface area (Å²) in [5.41, 5.74) is 0.527. The molecule has 0 aliphatic heterocycles. The molecule has 3 rings (SSSR count). The van der Waals surface area contributed by atoms with Crippen LogP contribution >= 0.6 is 0 Å². The molecule has 108 valence electrons. The number of tetrazole rings is 1. The second-order valence-corrected chi connectivity index (χ2v) is 4.53. The third kappa shape index (κ3) is 2.60. The quantitative estimate of drug-likeness (QED) is 0.735. The molecule has 0 aliphatic rings. The molecule has 3 aromatic rings. The zero-order valence-electron chi connectivity index (χ0n) is 11.5. The van der Waals surface area contributed by atoms with Gasteiger partial charge < -0.3 is 4.74 Å². The van der Waals surface area contributed by atoms with Gasteiger partial charge in [-0.3, -0.25) is 9.36 Å². The van der Waals surface area contributed by atoms with Gasteiger partial charge in [0.05, 0.1) is 19.0 Å². The number of aryl methyl sites for hydroxylation is 2. The van der Waals surface area contributed by atoms with E-state index in [2.05, 4.69) is 25.6 Å². The van der Waals surface area contributed by atoms with Gasteiger partial charge in [-0.05, 0) is 18.6 Å². The average molecular weight is 286 g/mol. The van der Waals surface area contributed by atoms with Crippen molar-refractivity contribution in [2.24, 2.45) is 0 Å². The molecule has 0 atom stereocenters. The number of rotatable bonds is 5. The Morgan fingerprint density at radius 1 is 1.38 bits per heavy atom. The van der Waals surface area contributed by atoms with Gasteiger partial charge in [-0.2, -0.15) is 5.21 Å². The van der Waals surface area contributed by atoms with Gasteiger partial charge in [0, 0.05) is 13.0 Å². The molecule has 8 heteroatoms. The van der Waals surface area contributed by atoms with Crippen molar-refractivity contribution in [3.63, 3.8) is 0 Å². The van der Waals surface area contributed by atoms with Crippen molar-refractivity contribution in [3.8, 4) is 5.75 Å². The predicted octanol–water partition coefficient (Wildman–Crippen LogP) is 0.551. The normalized spacial score (nSPS) is 10.9. The maximum atomic E-state index is 12.5. The van der Waals surface area contributed by atoms with Gasteiger partial charge in [-0.25, -0.2) is 4.98 Å². The van der Waals surface area contributed by atoms with Crippen LogP contribution in [0.5, 0.6) is 5.75 Å². The van der Waals surface area contributed by atoms with Crippen LogP contribution in [0.3, 0.4) is 0 Å². The standard InChI is InChI=1S/C13H14N6O2/c1-21-10-5-2-4-9-12(10)13(20)19(8-14-9)7-3-6-11-15-17-18-16-11/h2,4-5,8H,3,6-7H2,1H3,(H,15,16,17,18). The molecule has 0 spiro atoms. The molecule has 2 heterocycles. The Morgan fingerprint density at radius 2 is 2.29 bits per heavy atom. The summed E-state index contributed by atoms with van der Waals surface area (Å²) in [7, 11) is 1.54. The van der Waals surface area contributed by atoms with Crippen LogP contribution in [-0.2, 0) is 13.0 Å². The molecular formula is C13H14N6O2. The lowest BCUT2D eigenvalue weighted by atomic mass is 10.2. The van der Waals surface area contributed by atoms with Crippen molar-refractivity contribution < 1.29 is 4.74 Å². The summed E-state index contributed by atoms with van der Waals surface area (Å²) in [6, 6.07) is 5.37. The van der Waals surface area contributed by atoms with E-state index in [1.54, 1.807) is 30.1 Å². The Labute approximate surface area is 119 Å². The summed E-state index contributed by atoms with van der Waals surface area (Å²) in [6.07, 6.45) is 2.93. The van der Waals surface area contributed by atoms with Crippen molar-refractivity contribution in [3.05, 3.63) is 40.7 Å². The van der Waals surface area contributed by atoms with Crippen molar-refractivity contribution >= 4 is 10.9 Å². The van der Waals surface area contributed by atoms with Crippen LogP contribution in [0, 0.1) is 0 Å². The molecule has 2 aromatic heterocycles. The second kappa shape index (κ2) is 5.70. The number of fused-ring (bicyclic) bond motifs is 1. The van der Waals surface area contributed by atoms with E-state index in [0.717, 1.165) is 6.42 Å². The Bertz CT molecular complexity index is 796. The number of H-pyrrole nitrogens is 1. The molecule has 0 aliphatic carbocycles. The SMILES string of the molecule is COc1cccc2ncn(CCCc3nn[nH]n3)c(=O)c12. The van der Waals surface area contributed by atoms with Crippen molar-refractivity contribution in [2.75, 3.05) is 7.11 Å². The van der Waals surface area contributed by atoms with Crippen molar-refractivity contribution in [1.29, 1.82) is 0 Å². The molecule has 1 N–H and O–H groups in total. The summed E-state index contributed by atoms with van der Waals surface area (Å²) >= 11 is 0. The van der Waals surface area contributed by atoms with Crippen LogP contribution in [0.15, 0.2) is 29.3 Å². The highest BCUT2D eigenvalue weighted by atomic mass is 16.5. The van der Waals surface area contributed by atoms with E-state index in [0.29, 0.717) is 35.4 Å². The summed E-state index contributed by atoms with van der Waals surface area (Å²) in [4.78, 5) is 16.8. The van der Waals surface area contributed by atoms with Crippen LogP contribution in [0.25, 0.3) is 10.9 Å². The minimum absolute atomic E-state index is 0.106. The van der Waals surface area contributed by atoms with Crippen molar-refractivity contribution in [2.45, 2.75) is 19.4 Å². The van der Waals surface area contributed by atoms with Gasteiger partial charge in [-0.1, -0.05) is 11.3 Å². The molecule has 0 bridgehead atoms. The number of benzene rings is 1. The number of methoxy groups -OCH3 is 1. The van der Waals surface area contributed by atoms with Gasteiger partial charge >= 0.3 is 0 Å². The topological polar surface area (TPSA) is 98.6 Å². The molecule has 1 aromatic carbocycles. The van der Waals surface area contributed by atoms with Gasteiger partial charge in [0.25, 0.3) is 5.56 Å². The Kier molecular flexibility index (Phi) is 3.59. The van der Waals surface area contributed by atoms with E-state index in [-0.39, 0.29) is 5.56 Å². The maximum Gasteiger partial charge on any atom is 0.264 e. The van der Waals surface area contributed by atoms with E-state index >= 15 is 0 Å². The zero-order valence-corrected chi connectivity index (χ0v) is 11.5. The molecule has 21 heavy (non-hydrogen) atoms. The maximum absolute atomic E-state index is 12.5. The Morgan fingerprint density at radius 3 is 3.05 bits per heavy atom. The van der Waals surface area contributed by atoms with E-state index in [1.807, 2.05) is 6.07 Å². The first-order valence-corrected chi connectivity index (χ1v) is 6.54. The number of aromatic amines is 1. The summed E-state index contributed by atoms with van der Waals surface area (Å²) in [5, 5.41) is 14.2. The second-order valence-electron chi connectivity index (χ2n) is 4.53. The molecule has 0 fully saturated rings. The molecular weight excluding hydrogens is 272 g/mol. The number of nitrogens with zero attached hydrogens (tertiary/aromatic N) is 5.